The average Bonchev–Trinajstić information content (AvgIpc) is 1.60. The van der Waals surface area contributed by atoms with E-state index in [0.29, 0.717) is 113 Å². The second kappa shape index (κ2) is 45.5. The summed E-state index contributed by atoms with van der Waals surface area (Å²) in [5.74, 6) is -0.179. The summed E-state index contributed by atoms with van der Waals surface area (Å²) in [6, 6.07) is -3.63. The number of carboxylic acids is 1. The first-order chi connectivity index (χ1) is 64.0. The zero-order chi connectivity index (χ0) is 96.7. The first kappa shape index (κ1) is 111. The first-order valence-corrected chi connectivity index (χ1v) is 59.3. The van der Waals surface area contributed by atoms with E-state index in [1.807, 2.05) is 9.13 Å². The summed E-state index contributed by atoms with van der Waals surface area (Å²) in [5, 5.41) is 64.6. The van der Waals surface area contributed by atoms with Crippen LogP contribution in [-0.4, -0.2) is 310 Å². The van der Waals surface area contributed by atoms with Gasteiger partial charge in [0.05, 0.1) is 126 Å². The predicted octanol–water partition coefficient (Wildman–Crippen LogP) is 0.811. The first-order valence-electron chi connectivity index (χ1n) is 41.1. The van der Waals surface area contributed by atoms with Crippen LogP contribution in [0.2, 0.25) is 77.1 Å². The Kier molecular flexibility index (Phi) is 36.2. The number of halogens is 3. The van der Waals surface area contributed by atoms with Gasteiger partial charge in [0.15, 0.2) is 29.3 Å². The molecule has 742 valence electrons. The van der Waals surface area contributed by atoms with Gasteiger partial charge in [0.2, 0.25) is 27.1 Å². The van der Waals surface area contributed by atoms with Crippen molar-refractivity contribution in [2.75, 3.05) is 65.8 Å². The zero-order valence-electron chi connectivity index (χ0n) is 75.1. The fourth-order valence-corrected chi connectivity index (χ4v) is 23.2. The van der Waals surface area contributed by atoms with E-state index in [9.17, 15) is 68.3 Å². The number of carbonyl (C=O) groups is 6. The van der Waals surface area contributed by atoms with Crippen LogP contribution < -0.4 is 69.5 Å². The number of hydrogen-bond donors (Lipinski definition) is 3. The van der Waals surface area contributed by atoms with E-state index in [1.165, 1.54) is 95.6 Å². The van der Waals surface area contributed by atoms with E-state index in [2.05, 4.69) is 162 Å². The Balaban J connectivity index is 0.000000163. The molecule has 66 heteroatoms. The Bertz CT molecular complexity index is 6160. The molecule has 0 aliphatic carbocycles. The number of H-pyrrole nitrogens is 1. The van der Waals surface area contributed by atoms with Crippen molar-refractivity contribution in [3.8, 4) is 0 Å². The molecule has 20 heterocycles. The smallest absolute Gasteiger partial charge is 0.724 e. The van der Waals surface area contributed by atoms with Gasteiger partial charge in [-0.3, -0.25) is 39.0 Å². The van der Waals surface area contributed by atoms with Crippen LogP contribution in [0.15, 0.2) is 88.4 Å². The molecule has 5 fully saturated rings. The van der Waals surface area contributed by atoms with Crippen molar-refractivity contribution < 1.29 is 175 Å². The normalized spacial score (nSPS) is 21.5. The molecule has 5 unspecified atom stereocenters. The van der Waals surface area contributed by atoms with Gasteiger partial charge < -0.3 is 57.7 Å². The summed E-state index contributed by atoms with van der Waals surface area (Å²) >= 11 is 7.02. The second-order valence-corrected chi connectivity index (χ2v) is 57.9. The van der Waals surface area contributed by atoms with Crippen molar-refractivity contribution in [3.05, 3.63) is 154 Å². The molecule has 20 rings (SSSR count). The minimum atomic E-state index is -5.19. The summed E-state index contributed by atoms with van der Waals surface area (Å²) < 4.78 is 129. The maximum Gasteiger partial charge on any atom is 1.00 e. The zero-order valence-corrected chi connectivity index (χ0v) is 87.8. The number of ether oxygens (including phenoxy) is 3. The van der Waals surface area contributed by atoms with E-state index in [4.69, 9.17) is 33.8 Å². The number of carbonyl (C=O) groups excluding carboxylic acids is 6. The van der Waals surface area contributed by atoms with E-state index in [0.717, 1.165) is 54.9 Å². The number of fused-ring (bicyclic) bond motifs is 20. The molecule has 5 saturated heterocycles. The molecule has 9 aromatic heterocycles. The minimum Gasteiger partial charge on any atom is -0.724 e. The molecular weight excluding hydrogens is 2040 g/mol. The molecule has 0 spiro atoms. The number of aliphatic carboxylic acids is 1. The third kappa shape index (κ3) is 24.3. The fraction of sp³-hybridized carbons (Fsp3) is 0.521. The predicted molar refractivity (Wildman–Crippen MR) is 481 cm³/mol. The number of hydrogen-bond acceptors (Lipinski definition) is 41. The van der Waals surface area contributed by atoms with Gasteiger partial charge in [0, 0.05) is 44.0 Å². The second-order valence-electron chi connectivity index (χ2n) is 34.7. The van der Waals surface area contributed by atoms with Crippen LogP contribution in [0.1, 0.15) is 151 Å². The molecule has 11 aliphatic heterocycles. The maximum atomic E-state index is 13.0. The molecule has 11 aliphatic rings. The van der Waals surface area contributed by atoms with Crippen molar-refractivity contribution in [3.63, 3.8) is 0 Å². The number of aromatic amines is 1. The Morgan fingerprint density at radius 1 is 0.511 bits per heavy atom. The van der Waals surface area contributed by atoms with Crippen LogP contribution in [0.5, 0.6) is 0 Å². The number of aromatic nitrogens is 17. The summed E-state index contributed by atoms with van der Waals surface area (Å²) in [6.07, 6.45) is 5.74. The van der Waals surface area contributed by atoms with Crippen LogP contribution >= 0.6 is 56.7 Å². The standard InChI is InChI=1S/C18H26N6O3SSi.C15H22N6O6S2Si.C15H22N6O3SSi.C12H12N6O2S.C9H8N6O5S2.C2HF3O2.2CH4.2Na/c1-5-6-27-24-13-9-23(18(24)25)15(14-16(13)28-11-19-14)17-21-20-10-22(17)12-26-7-8-29(2,3)4;1-30(2,3)5-4-26-9-19-7-17-18-14(19)12-11-13(28-8-16-11)10-6-20(12)15(22)21(10)27-29(23,24)25;1-26(2,3)5-4-24-9-19-7-17-18-14(19)12-11-13(25-8-16-11)10-6-20(12)15(22)21(10)23;1-2-3-20-18-7-4-17(12(18)19)9(11-13-5-15-16-11)8-10(7)21-6-14-8;16-9-14-1-4(15(9)20-22(17,18)19)7-5(11-3-21-7)6(14)8-10-2-12-13-8;3-2(4,5)1(6)7;;;;/h5,10-11,13,15H,1,6-9,12H2,2-4H3;7-8,10,12H,4-6,9H2,1-3H3,(H,23,24,25);7-8,10,12,23H,4-6,9H2,1-3H3;2,5-7,9H,1,3-4H2,(H,13,15,16);2-4,6H,1H2,(H,10,12,13)(H,17,18,19);(H,6,7);2*1H4;;/q;;;;;;;;2*+1/p-2/t13?,15-;2*10?,12-;7?,9-;4?,6-;;;;;/m00000...../s1. The topological polar surface area (TPSA) is 597 Å². The summed E-state index contributed by atoms with van der Waals surface area (Å²) in [4.78, 5) is 121. The van der Waals surface area contributed by atoms with Gasteiger partial charge in [0.25, 0.3) is 5.84 Å². The van der Waals surface area contributed by atoms with Crippen LogP contribution in [0, 0.1) is 0 Å². The Morgan fingerprint density at radius 3 is 1.14 bits per heavy atom. The average molecular weight is 2140 g/mol. The number of urea groups is 5. The third-order valence-corrected chi connectivity index (χ3v) is 32.5. The quantitative estimate of drug-likeness (QED) is 0.0140. The Morgan fingerprint density at radius 2 is 0.820 bits per heavy atom. The van der Waals surface area contributed by atoms with E-state index in [1.54, 1.807) is 76.9 Å². The monoisotopic (exact) mass is 2140 g/mol. The number of nitrogens with zero attached hydrogens (tertiary/aromatic N) is 28. The molecule has 4 N–H and O–H groups in total. The number of carboxylic acid groups (broad SMARTS) is 1. The van der Waals surface area contributed by atoms with Crippen molar-refractivity contribution in [1.82, 2.24) is 134 Å². The van der Waals surface area contributed by atoms with Gasteiger partial charge in [0.1, 0.15) is 106 Å². The number of alkyl halides is 3. The van der Waals surface area contributed by atoms with Crippen molar-refractivity contribution >= 4 is 150 Å². The SMILES string of the molecule is C.C.C=CCON1C(=O)N2CC1c1scnc1[C@H]2c1ncn[nH]1.C=CCON1C(=O)N2CC1c1scnc1[C@H]2c1nncn1COCC[Si](C)(C)C.C[Si](C)(C)CCOCn1cnnc1[C@@H]1c2ncsc2C2CN1C(=O)N2O.C[Si](C)(C)CCOCn1cnnc1[C@@H]1c2ncsc2C2CN1C(=O)N2OS(=O)(=O)[O-].O=C([O-])C(F)(F)F.O=C1N(OS(=O)(=O)[O-])C2CN1[C@H](C1=NN=C[NH2+]1)c1ncsc12.[Na+].[Na+]. The molecule has 9 aromatic rings. The number of nitrogens with one attached hydrogen (secondary N) is 1. The molecule has 51 nitrogen and oxygen atoms in total. The summed E-state index contributed by atoms with van der Waals surface area (Å²) in [5.41, 5.74) is 12.1. The van der Waals surface area contributed by atoms with Gasteiger partial charge in [-0.05, 0) is 18.1 Å². The van der Waals surface area contributed by atoms with E-state index in [-0.39, 0.29) is 143 Å². The Hall–Kier alpha value is -8.75. The molecule has 139 heavy (non-hydrogen) atoms. The molecule has 10 atom stereocenters. The maximum absolute atomic E-state index is 13.0. The number of nitrogens with two attached hydrogens (primary N) is 1. The van der Waals surface area contributed by atoms with E-state index < -0.39 is 112 Å². The molecule has 0 radical (unpaired) electrons. The van der Waals surface area contributed by atoms with Crippen LogP contribution in [0.3, 0.4) is 0 Å². The van der Waals surface area contributed by atoms with Crippen molar-refractivity contribution in [2.45, 2.75) is 179 Å². The van der Waals surface area contributed by atoms with Crippen LogP contribution in [-0.2, 0) is 78.2 Å². The minimum absolute atomic E-state index is 0. The summed E-state index contributed by atoms with van der Waals surface area (Å²) in [7, 11) is -13.7. The number of thiazole rings is 5. The third-order valence-electron chi connectivity index (χ3n) is 22.0. The number of rotatable bonds is 30. The van der Waals surface area contributed by atoms with Gasteiger partial charge in [-0.15, -0.1) is 100 Å². The molecular formula is C73H97F3N30Na2O21S7Si3. The van der Waals surface area contributed by atoms with Gasteiger partial charge in [-0.1, -0.05) is 96.1 Å². The number of amides is 10. The van der Waals surface area contributed by atoms with E-state index >= 15 is 0 Å². The van der Waals surface area contributed by atoms with Gasteiger partial charge in [-0.2, -0.15) is 52.2 Å². The molecule has 10 bridgehead atoms. The van der Waals surface area contributed by atoms with Gasteiger partial charge >= 0.3 is 95.4 Å². The molecule has 10 amide bonds. The molecule has 0 aromatic carbocycles. The summed E-state index contributed by atoms with van der Waals surface area (Å²) in [6.45, 7) is 33.2. The molecule has 0 saturated carbocycles. The largest absolute Gasteiger partial charge is 1.00 e. The fourth-order valence-electron chi connectivity index (χ4n) is 15.7. The number of quaternary nitrogens is 1. The van der Waals surface area contributed by atoms with Crippen molar-refractivity contribution in [1.29, 1.82) is 0 Å². The number of amidine groups is 1. The van der Waals surface area contributed by atoms with Gasteiger partial charge in [-0.25, -0.2) is 70.7 Å². The number of hydroxylamine groups is 10. The van der Waals surface area contributed by atoms with Crippen LogP contribution in [0.4, 0.5) is 37.1 Å². The Labute approximate surface area is 860 Å². The van der Waals surface area contributed by atoms with Crippen LogP contribution in [0.25, 0.3) is 0 Å². The van der Waals surface area contributed by atoms with Crippen molar-refractivity contribution in [2.24, 2.45) is 10.2 Å².